The van der Waals surface area contributed by atoms with Crippen LogP contribution >= 0.6 is 12.4 Å². The van der Waals surface area contributed by atoms with Gasteiger partial charge in [-0.3, -0.25) is 9.59 Å². The number of hydrogen-bond acceptors (Lipinski definition) is 4. The van der Waals surface area contributed by atoms with Gasteiger partial charge >= 0.3 is 0 Å². The lowest BCUT2D eigenvalue weighted by Crippen LogP contribution is -2.33. The zero-order valence-corrected chi connectivity index (χ0v) is 17.5. The van der Waals surface area contributed by atoms with Gasteiger partial charge in [-0.25, -0.2) is 0 Å². The van der Waals surface area contributed by atoms with E-state index in [0.717, 1.165) is 11.1 Å². The van der Waals surface area contributed by atoms with Crippen molar-refractivity contribution < 1.29 is 14.3 Å². The molecule has 28 heavy (non-hydrogen) atoms. The van der Waals surface area contributed by atoms with Gasteiger partial charge in [0.15, 0.2) is 0 Å². The minimum atomic E-state index is -0.682. The SMILES string of the molecule is CN(C)C(=O)CCc1ccc(Oc2ccc(C(N)C(=O)N(C)C)cc2)cc1.Cl. The van der Waals surface area contributed by atoms with E-state index < -0.39 is 6.04 Å². The summed E-state index contributed by atoms with van der Waals surface area (Å²) in [6.07, 6.45) is 1.18. The molecule has 0 saturated carbocycles. The maximum absolute atomic E-state index is 11.9. The quantitative estimate of drug-likeness (QED) is 0.768. The second kappa shape index (κ2) is 10.7. The molecule has 7 heteroatoms. The van der Waals surface area contributed by atoms with Crippen molar-refractivity contribution in [1.29, 1.82) is 0 Å². The van der Waals surface area contributed by atoms with Crippen LogP contribution in [0.25, 0.3) is 0 Å². The molecule has 2 aromatic rings. The van der Waals surface area contributed by atoms with Gasteiger partial charge in [0.25, 0.3) is 0 Å². The minimum absolute atomic E-state index is 0. The third-order valence-electron chi connectivity index (χ3n) is 4.23. The number of halogens is 1. The van der Waals surface area contributed by atoms with Crippen molar-refractivity contribution in [2.45, 2.75) is 18.9 Å². The Morgan fingerprint density at radius 1 is 0.893 bits per heavy atom. The summed E-state index contributed by atoms with van der Waals surface area (Å²) in [7, 11) is 6.88. The lowest BCUT2D eigenvalue weighted by atomic mass is 10.1. The van der Waals surface area contributed by atoms with E-state index in [-0.39, 0.29) is 24.2 Å². The van der Waals surface area contributed by atoms with Gasteiger partial charge in [0.1, 0.15) is 17.5 Å². The number of rotatable bonds is 7. The molecule has 0 saturated heterocycles. The third-order valence-corrected chi connectivity index (χ3v) is 4.23. The number of amides is 2. The number of benzene rings is 2. The van der Waals surface area contributed by atoms with Gasteiger partial charge in [-0.1, -0.05) is 24.3 Å². The average molecular weight is 406 g/mol. The monoisotopic (exact) mass is 405 g/mol. The Morgan fingerprint density at radius 2 is 1.39 bits per heavy atom. The molecular weight excluding hydrogens is 378 g/mol. The second-order valence-electron chi connectivity index (χ2n) is 6.81. The van der Waals surface area contributed by atoms with Crippen LogP contribution in [0.3, 0.4) is 0 Å². The van der Waals surface area contributed by atoms with Gasteiger partial charge in [-0.05, 0) is 41.8 Å². The molecule has 0 aliphatic heterocycles. The molecule has 2 N–H and O–H groups in total. The maximum atomic E-state index is 11.9. The first-order chi connectivity index (χ1) is 12.8. The summed E-state index contributed by atoms with van der Waals surface area (Å²) in [5.74, 6) is 1.34. The van der Waals surface area contributed by atoms with Crippen LogP contribution in [0.4, 0.5) is 0 Å². The molecule has 1 unspecified atom stereocenters. The molecule has 0 fully saturated rings. The van der Waals surface area contributed by atoms with Crippen molar-refractivity contribution in [1.82, 2.24) is 9.80 Å². The number of nitrogens with zero attached hydrogens (tertiary/aromatic N) is 2. The molecule has 6 nitrogen and oxygen atoms in total. The van der Waals surface area contributed by atoms with Crippen molar-refractivity contribution in [3.63, 3.8) is 0 Å². The van der Waals surface area contributed by atoms with Gasteiger partial charge in [0, 0.05) is 34.6 Å². The lowest BCUT2D eigenvalue weighted by molar-refractivity contribution is -0.130. The van der Waals surface area contributed by atoms with Crippen LogP contribution in [0.15, 0.2) is 48.5 Å². The van der Waals surface area contributed by atoms with Crippen molar-refractivity contribution in [3.05, 3.63) is 59.7 Å². The number of carbonyl (C=O) groups is 2. The van der Waals surface area contributed by atoms with Gasteiger partial charge in [-0.2, -0.15) is 0 Å². The standard InChI is InChI=1S/C21H27N3O3.ClH/c1-23(2)19(25)14-7-15-5-10-17(11-6-15)27-18-12-8-16(9-13-18)20(22)21(26)24(3)4;/h5-6,8-13,20H,7,14,22H2,1-4H3;1H. The molecule has 0 aliphatic carbocycles. The van der Waals surface area contributed by atoms with Crippen LogP contribution in [-0.4, -0.2) is 49.8 Å². The molecule has 0 radical (unpaired) electrons. The number of nitrogens with two attached hydrogens (primary N) is 1. The van der Waals surface area contributed by atoms with E-state index in [9.17, 15) is 9.59 Å². The fraction of sp³-hybridized carbons (Fsp3) is 0.333. The molecule has 2 rings (SSSR count). The highest BCUT2D eigenvalue weighted by Gasteiger charge is 2.17. The first-order valence-corrected chi connectivity index (χ1v) is 8.81. The Morgan fingerprint density at radius 3 is 1.86 bits per heavy atom. The minimum Gasteiger partial charge on any atom is -0.457 e. The molecule has 0 spiro atoms. The molecule has 0 aliphatic rings. The van der Waals surface area contributed by atoms with E-state index in [0.29, 0.717) is 24.3 Å². The molecule has 1 atom stereocenters. The Hall–Kier alpha value is -2.57. The first-order valence-electron chi connectivity index (χ1n) is 8.81. The molecular formula is C21H28ClN3O3. The molecule has 2 aromatic carbocycles. The van der Waals surface area contributed by atoms with Crippen molar-refractivity contribution in [2.75, 3.05) is 28.2 Å². The molecule has 152 valence electrons. The van der Waals surface area contributed by atoms with Gasteiger partial charge in [-0.15, -0.1) is 12.4 Å². The van der Waals surface area contributed by atoms with Crippen LogP contribution in [0.2, 0.25) is 0 Å². The van der Waals surface area contributed by atoms with E-state index in [1.807, 2.05) is 24.3 Å². The van der Waals surface area contributed by atoms with Gasteiger partial charge in [0.2, 0.25) is 11.8 Å². The summed E-state index contributed by atoms with van der Waals surface area (Å²) in [4.78, 5) is 26.6. The summed E-state index contributed by atoms with van der Waals surface area (Å²) < 4.78 is 5.83. The topological polar surface area (TPSA) is 75.9 Å². The number of ether oxygens (including phenoxy) is 1. The summed E-state index contributed by atoms with van der Waals surface area (Å²) in [5.41, 5.74) is 7.79. The molecule has 0 aromatic heterocycles. The summed E-state index contributed by atoms with van der Waals surface area (Å²) in [6, 6.07) is 14.2. The smallest absolute Gasteiger partial charge is 0.243 e. The van der Waals surface area contributed by atoms with Crippen molar-refractivity contribution in [3.8, 4) is 11.5 Å². The number of likely N-dealkylation sites (N-methyl/N-ethyl adjacent to an activating group) is 1. The Labute approximate surface area is 172 Å². The van der Waals surface area contributed by atoms with Crippen molar-refractivity contribution >= 4 is 24.2 Å². The van der Waals surface area contributed by atoms with Crippen LogP contribution in [0.1, 0.15) is 23.6 Å². The van der Waals surface area contributed by atoms with Crippen molar-refractivity contribution in [2.24, 2.45) is 5.73 Å². The largest absolute Gasteiger partial charge is 0.457 e. The molecule has 0 heterocycles. The molecule has 0 bridgehead atoms. The second-order valence-corrected chi connectivity index (χ2v) is 6.81. The number of aryl methyl sites for hydroxylation is 1. The highest BCUT2D eigenvalue weighted by Crippen LogP contribution is 2.24. The summed E-state index contributed by atoms with van der Waals surface area (Å²) in [6.45, 7) is 0. The van der Waals surface area contributed by atoms with Crippen LogP contribution in [0.5, 0.6) is 11.5 Å². The van der Waals surface area contributed by atoms with E-state index in [2.05, 4.69) is 0 Å². The van der Waals surface area contributed by atoms with Crippen LogP contribution < -0.4 is 10.5 Å². The van der Waals surface area contributed by atoms with Crippen LogP contribution in [0, 0.1) is 0 Å². The number of carbonyl (C=O) groups excluding carboxylic acids is 2. The third kappa shape index (κ3) is 6.55. The summed E-state index contributed by atoms with van der Waals surface area (Å²) in [5, 5.41) is 0. The lowest BCUT2D eigenvalue weighted by Gasteiger charge is -2.17. The Kier molecular flexibility index (Phi) is 8.96. The Bertz CT molecular complexity index is 774. The van der Waals surface area contributed by atoms with Gasteiger partial charge < -0.3 is 20.3 Å². The van der Waals surface area contributed by atoms with E-state index in [1.54, 1.807) is 57.4 Å². The highest BCUT2D eigenvalue weighted by molar-refractivity contribution is 5.85. The zero-order chi connectivity index (χ0) is 20.0. The average Bonchev–Trinajstić information content (AvgIpc) is 2.66. The predicted molar refractivity (Wildman–Crippen MR) is 113 cm³/mol. The summed E-state index contributed by atoms with van der Waals surface area (Å²) >= 11 is 0. The highest BCUT2D eigenvalue weighted by atomic mass is 35.5. The van der Waals surface area contributed by atoms with E-state index in [1.165, 1.54) is 4.90 Å². The maximum Gasteiger partial charge on any atom is 0.243 e. The fourth-order valence-electron chi connectivity index (χ4n) is 2.50. The number of hydrogen-bond donors (Lipinski definition) is 1. The van der Waals surface area contributed by atoms with Crippen LogP contribution in [-0.2, 0) is 16.0 Å². The van der Waals surface area contributed by atoms with Gasteiger partial charge in [0.05, 0.1) is 0 Å². The predicted octanol–water partition coefficient (Wildman–Crippen LogP) is 3.01. The molecule has 2 amide bonds. The fourth-order valence-corrected chi connectivity index (χ4v) is 2.50. The van der Waals surface area contributed by atoms with E-state index in [4.69, 9.17) is 10.5 Å². The normalized spacial score (nSPS) is 11.2. The Balaban J connectivity index is 0.00000392. The zero-order valence-electron chi connectivity index (χ0n) is 16.7. The van der Waals surface area contributed by atoms with E-state index >= 15 is 0 Å². The first kappa shape index (κ1) is 23.5.